The molecule has 0 amide bonds. The van der Waals surface area contributed by atoms with Crippen LogP contribution in [0.3, 0.4) is 0 Å². The van der Waals surface area contributed by atoms with Gasteiger partial charge in [-0.3, -0.25) is 0 Å². The predicted molar refractivity (Wildman–Crippen MR) is 50.0 cm³/mol. The Kier molecular flexibility index (Phi) is 2.52. The number of halogens is 5. The van der Waals surface area contributed by atoms with Gasteiger partial charge in [-0.05, 0) is 14.1 Å². The lowest BCUT2D eigenvalue weighted by Gasteiger charge is -2.37. The monoisotopic (exact) mass is 266 g/mol. The van der Waals surface area contributed by atoms with Crippen molar-refractivity contribution in [2.24, 2.45) is 0 Å². The second-order valence-corrected chi connectivity index (χ2v) is 5.95. The van der Waals surface area contributed by atoms with Gasteiger partial charge in [0.15, 0.2) is 0 Å². The van der Waals surface area contributed by atoms with Crippen LogP contribution in [0.25, 0.3) is 0 Å². The molecule has 0 fully saturated rings. The van der Waals surface area contributed by atoms with Gasteiger partial charge in [0.05, 0.1) is 12.7 Å². The number of hydrogen-bond donors (Lipinski definition) is 0. The van der Waals surface area contributed by atoms with Crippen LogP contribution in [-0.4, -0.2) is 40.5 Å². The number of hydrogen-bond acceptors (Lipinski definition) is 3. The maximum Gasteiger partial charge on any atom is 0.329 e. The van der Waals surface area contributed by atoms with E-state index in [1.165, 1.54) is 0 Å². The van der Waals surface area contributed by atoms with Crippen molar-refractivity contribution in [2.45, 2.75) is 11.6 Å². The molecular formula is C6H11F5N4S. The van der Waals surface area contributed by atoms with Crippen molar-refractivity contribution in [1.29, 1.82) is 0 Å². The third kappa shape index (κ3) is 3.59. The quantitative estimate of drug-likeness (QED) is 0.785. The first-order valence-corrected chi connectivity index (χ1v) is 6.12. The molecule has 16 heavy (non-hydrogen) atoms. The summed E-state index contributed by atoms with van der Waals surface area (Å²) in [7, 11) is -6.28. The van der Waals surface area contributed by atoms with Gasteiger partial charge < -0.3 is 4.90 Å². The van der Waals surface area contributed by atoms with Gasteiger partial charge in [0, 0.05) is 6.54 Å². The summed E-state index contributed by atoms with van der Waals surface area (Å²) in [6, 6.07) is 0. The van der Waals surface area contributed by atoms with E-state index in [0.29, 0.717) is 6.54 Å². The molecule has 0 radical (unpaired) electrons. The molecule has 1 rings (SSSR count). The molecule has 0 unspecified atom stereocenters. The normalized spacial score (nSPS) is 17.2. The highest BCUT2D eigenvalue weighted by Gasteiger charge is 2.68. The molecule has 0 N–H and O–H groups in total. The molecule has 96 valence electrons. The molecule has 0 aliphatic heterocycles. The van der Waals surface area contributed by atoms with Crippen molar-refractivity contribution >= 4 is 10.2 Å². The van der Waals surface area contributed by atoms with Gasteiger partial charge in [-0.2, -0.15) is 0 Å². The average Bonchev–Trinajstić information content (AvgIpc) is 2.44. The molecule has 0 saturated heterocycles. The summed E-state index contributed by atoms with van der Waals surface area (Å²) in [4.78, 5) is 1.68. The summed E-state index contributed by atoms with van der Waals surface area (Å²) in [6.45, 7) is 0.441. The second-order valence-electron chi connectivity index (χ2n) is 3.59. The standard InChI is InChI=1S/C6H11F5N4S/c1-14(2)3-4-15-5-6(12-13-15)16(7,8,9,10)11/h5H,3-4H2,1-2H3. The third-order valence-corrected chi connectivity index (χ3v) is 2.67. The minimum absolute atomic E-state index is 0.0633. The summed E-state index contributed by atoms with van der Waals surface area (Å²) in [5.74, 6) is 0. The van der Waals surface area contributed by atoms with Gasteiger partial charge in [-0.15, -0.1) is 5.10 Å². The van der Waals surface area contributed by atoms with Crippen LogP contribution in [0.4, 0.5) is 19.4 Å². The maximum atomic E-state index is 12.2. The molecule has 1 aromatic heterocycles. The highest BCUT2D eigenvalue weighted by Crippen LogP contribution is 3.01. The minimum Gasteiger partial charge on any atom is -0.308 e. The molecule has 0 spiro atoms. The molecule has 0 aliphatic carbocycles. The van der Waals surface area contributed by atoms with Crippen molar-refractivity contribution in [3.05, 3.63) is 6.20 Å². The topological polar surface area (TPSA) is 34.0 Å². The van der Waals surface area contributed by atoms with Crippen LogP contribution in [-0.2, 0) is 6.54 Å². The molecule has 0 aromatic carbocycles. The van der Waals surface area contributed by atoms with E-state index in [1.807, 2.05) is 0 Å². The van der Waals surface area contributed by atoms with Gasteiger partial charge in [-0.25, -0.2) is 4.68 Å². The number of nitrogens with zero attached hydrogens (tertiary/aromatic N) is 4. The Hall–Kier alpha value is -0.900. The average molecular weight is 266 g/mol. The Morgan fingerprint density at radius 1 is 1.25 bits per heavy atom. The fourth-order valence-corrected chi connectivity index (χ4v) is 1.38. The lowest BCUT2D eigenvalue weighted by molar-refractivity contribution is 0.358. The van der Waals surface area contributed by atoms with E-state index in [9.17, 15) is 19.4 Å². The Morgan fingerprint density at radius 3 is 2.19 bits per heavy atom. The number of likely N-dealkylation sites (N-methyl/N-ethyl adjacent to an activating group) is 1. The van der Waals surface area contributed by atoms with E-state index in [-0.39, 0.29) is 12.7 Å². The van der Waals surface area contributed by atoms with Crippen LogP contribution in [0.2, 0.25) is 0 Å². The van der Waals surface area contributed by atoms with Crippen molar-refractivity contribution in [3.8, 4) is 0 Å². The van der Waals surface area contributed by atoms with Crippen molar-refractivity contribution in [1.82, 2.24) is 19.9 Å². The Bertz CT molecular complexity index is 382. The van der Waals surface area contributed by atoms with Gasteiger partial charge in [0.2, 0.25) is 5.03 Å². The molecule has 0 atom stereocenters. The van der Waals surface area contributed by atoms with E-state index in [4.69, 9.17) is 0 Å². The Balaban J connectivity index is 2.89. The third-order valence-electron chi connectivity index (χ3n) is 1.69. The molecule has 10 heteroatoms. The van der Waals surface area contributed by atoms with Gasteiger partial charge in [-0.1, -0.05) is 24.6 Å². The molecule has 0 aliphatic rings. The highest BCUT2D eigenvalue weighted by atomic mass is 32.5. The summed E-state index contributed by atoms with van der Waals surface area (Å²) in [5.41, 5.74) is 0. The summed E-state index contributed by atoms with van der Waals surface area (Å²) in [5, 5.41) is 3.30. The van der Waals surface area contributed by atoms with Crippen LogP contribution in [0.1, 0.15) is 0 Å². The molecule has 1 heterocycles. The largest absolute Gasteiger partial charge is 0.329 e. The van der Waals surface area contributed by atoms with Crippen LogP contribution < -0.4 is 0 Å². The van der Waals surface area contributed by atoms with E-state index in [1.54, 1.807) is 19.0 Å². The molecular weight excluding hydrogens is 255 g/mol. The fraction of sp³-hybridized carbons (Fsp3) is 0.667. The lowest BCUT2D eigenvalue weighted by Crippen LogP contribution is -2.18. The summed E-state index contributed by atoms with van der Waals surface area (Å²) >= 11 is 0. The number of aromatic nitrogens is 3. The second kappa shape index (κ2) is 3.06. The summed E-state index contributed by atoms with van der Waals surface area (Å²) < 4.78 is 61.9. The first kappa shape index (κ1) is 13.2. The van der Waals surface area contributed by atoms with E-state index in [2.05, 4.69) is 10.3 Å². The van der Waals surface area contributed by atoms with Gasteiger partial charge in [0.25, 0.3) is 0 Å². The maximum absolute atomic E-state index is 12.2. The summed E-state index contributed by atoms with van der Waals surface area (Å²) in [6.07, 6.45) is 0.227. The first-order valence-electron chi connectivity index (χ1n) is 4.17. The first-order chi connectivity index (χ1) is 6.88. The fourth-order valence-electron chi connectivity index (χ4n) is 0.869. The minimum atomic E-state index is -9.68. The van der Waals surface area contributed by atoms with Crippen LogP contribution in [0.5, 0.6) is 0 Å². The lowest BCUT2D eigenvalue weighted by atomic mass is 10.6. The zero-order chi connectivity index (χ0) is 12.7. The number of rotatable bonds is 4. The van der Waals surface area contributed by atoms with E-state index >= 15 is 0 Å². The van der Waals surface area contributed by atoms with Crippen molar-refractivity contribution < 1.29 is 19.4 Å². The van der Waals surface area contributed by atoms with Crippen molar-refractivity contribution in [2.75, 3.05) is 20.6 Å². The Morgan fingerprint density at radius 2 is 1.81 bits per heavy atom. The van der Waals surface area contributed by atoms with Crippen LogP contribution >= 0.6 is 10.2 Å². The predicted octanol–water partition coefficient (Wildman–Crippen LogP) is 2.50. The highest BCUT2D eigenvalue weighted by molar-refractivity contribution is 8.45. The van der Waals surface area contributed by atoms with E-state index in [0.717, 1.165) is 4.68 Å². The van der Waals surface area contributed by atoms with Gasteiger partial charge in [0.1, 0.15) is 0 Å². The Labute approximate surface area is 88.7 Å². The SMILES string of the molecule is CN(C)CCn1cc(S(F)(F)(F)(F)F)nn1. The molecule has 1 aromatic rings. The molecule has 0 bridgehead atoms. The van der Waals surface area contributed by atoms with Gasteiger partial charge >= 0.3 is 10.2 Å². The van der Waals surface area contributed by atoms with Crippen LogP contribution in [0, 0.1) is 0 Å². The van der Waals surface area contributed by atoms with Crippen LogP contribution in [0.15, 0.2) is 11.2 Å². The van der Waals surface area contributed by atoms with Crippen molar-refractivity contribution in [3.63, 3.8) is 0 Å². The zero-order valence-electron chi connectivity index (χ0n) is 8.58. The molecule has 0 saturated carbocycles. The molecule has 4 nitrogen and oxygen atoms in total. The smallest absolute Gasteiger partial charge is 0.308 e. The van der Waals surface area contributed by atoms with E-state index < -0.39 is 15.3 Å². The zero-order valence-corrected chi connectivity index (χ0v) is 9.39.